The number of aliphatic hydroxyl groups excluding tert-OH is 1. The molecule has 1 aromatic heterocycles. The molecule has 0 radical (unpaired) electrons. The first-order valence-electron chi connectivity index (χ1n) is 7.31. The molecule has 3 rings (SSSR count). The highest BCUT2D eigenvalue weighted by Gasteiger charge is 2.37. The fraction of sp³-hybridized carbons (Fsp3) is 0.375. The molecule has 0 saturated carbocycles. The molecule has 7 heteroatoms. The number of carbonyl (C=O) groups is 1. The van der Waals surface area contributed by atoms with Gasteiger partial charge in [-0.15, -0.1) is 0 Å². The van der Waals surface area contributed by atoms with E-state index >= 15 is 0 Å². The molecule has 2 aromatic rings. The molecule has 2 heterocycles. The van der Waals surface area contributed by atoms with Crippen molar-refractivity contribution in [2.24, 2.45) is 7.05 Å². The lowest BCUT2D eigenvalue weighted by atomic mass is 10.0. The molecule has 1 N–H and O–H groups in total. The van der Waals surface area contributed by atoms with E-state index in [4.69, 9.17) is 0 Å². The Morgan fingerprint density at radius 1 is 1.35 bits per heavy atom. The summed E-state index contributed by atoms with van der Waals surface area (Å²) in [6.45, 7) is 1.88. The molecular weight excluding hydrogens is 304 g/mol. The number of halogens is 2. The van der Waals surface area contributed by atoms with Crippen LogP contribution in [0.25, 0.3) is 0 Å². The fourth-order valence-corrected chi connectivity index (χ4v) is 3.04. The van der Waals surface area contributed by atoms with Crippen LogP contribution in [0.4, 0.5) is 8.78 Å². The summed E-state index contributed by atoms with van der Waals surface area (Å²) >= 11 is 0. The molecule has 1 aromatic carbocycles. The molecule has 5 nitrogen and oxygen atoms in total. The van der Waals surface area contributed by atoms with Crippen molar-refractivity contribution in [3.63, 3.8) is 0 Å². The summed E-state index contributed by atoms with van der Waals surface area (Å²) in [4.78, 5) is 14.2. The molecule has 23 heavy (non-hydrogen) atoms. The van der Waals surface area contributed by atoms with E-state index in [0.29, 0.717) is 16.8 Å². The summed E-state index contributed by atoms with van der Waals surface area (Å²) in [6, 6.07) is 3.06. The summed E-state index contributed by atoms with van der Waals surface area (Å²) in [5, 5.41) is 14.1. The van der Waals surface area contributed by atoms with Gasteiger partial charge in [0.05, 0.1) is 23.4 Å². The van der Waals surface area contributed by atoms with Gasteiger partial charge in [0, 0.05) is 19.8 Å². The first-order chi connectivity index (χ1) is 10.9. The zero-order valence-electron chi connectivity index (χ0n) is 12.8. The van der Waals surface area contributed by atoms with Crippen molar-refractivity contribution < 1.29 is 18.7 Å². The van der Waals surface area contributed by atoms with Crippen LogP contribution in [0.2, 0.25) is 0 Å². The topological polar surface area (TPSA) is 58.4 Å². The molecule has 1 saturated heterocycles. The van der Waals surface area contributed by atoms with Crippen LogP contribution in [-0.2, 0) is 7.05 Å². The number of aromatic nitrogens is 2. The third-order valence-corrected chi connectivity index (χ3v) is 4.11. The minimum Gasteiger partial charge on any atom is -0.391 e. The number of amides is 1. The maximum absolute atomic E-state index is 13.5. The SMILES string of the molecule is Cc1nn(C)cc1C(=O)N1C[C@@H](O)C[C@@H]1c1ccc(F)c(F)c1. The number of aryl methyl sites for hydroxylation is 2. The lowest BCUT2D eigenvalue weighted by Gasteiger charge is -2.24. The van der Waals surface area contributed by atoms with E-state index in [9.17, 15) is 18.7 Å². The van der Waals surface area contributed by atoms with Crippen LogP contribution in [0.5, 0.6) is 0 Å². The van der Waals surface area contributed by atoms with Crippen LogP contribution < -0.4 is 0 Å². The van der Waals surface area contributed by atoms with Gasteiger partial charge in [0.1, 0.15) is 0 Å². The highest BCUT2D eigenvalue weighted by molar-refractivity contribution is 5.95. The monoisotopic (exact) mass is 321 g/mol. The number of hydrogen-bond donors (Lipinski definition) is 1. The third kappa shape index (κ3) is 2.84. The van der Waals surface area contributed by atoms with Gasteiger partial charge < -0.3 is 10.0 Å². The van der Waals surface area contributed by atoms with Gasteiger partial charge in [-0.1, -0.05) is 6.07 Å². The molecule has 0 unspecified atom stereocenters. The third-order valence-electron chi connectivity index (χ3n) is 4.11. The summed E-state index contributed by atoms with van der Waals surface area (Å²) in [7, 11) is 1.72. The van der Waals surface area contributed by atoms with Crippen LogP contribution in [0.3, 0.4) is 0 Å². The number of aliphatic hydroxyl groups is 1. The first kappa shape index (κ1) is 15.6. The Hall–Kier alpha value is -2.28. The number of rotatable bonds is 2. The second-order valence-electron chi connectivity index (χ2n) is 5.84. The number of carbonyl (C=O) groups excluding carboxylic acids is 1. The number of β-amino-alcohol motifs (C(OH)–C–C–N with tert-alkyl or cyclic N) is 1. The van der Waals surface area contributed by atoms with Gasteiger partial charge >= 0.3 is 0 Å². The van der Waals surface area contributed by atoms with E-state index in [1.54, 1.807) is 24.9 Å². The minimum absolute atomic E-state index is 0.150. The maximum atomic E-state index is 13.5. The van der Waals surface area contributed by atoms with Gasteiger partial charge in [0.15, 0.2) is 11.6 Å². The van der Waals surface area contributed by atoms with E-state index in [0.717, 1.165) is 12.1 Å². The average Bonchev–Trinajstić information content (AvgIpc) is 3.03. The van der Waals surface area contributed by atoms with Crippen molar-refractivity contribution >= 4 is 5.91 Å². The summed E-state index contributed by atoms with van der Waals surface area (Å²) in [5.41, 5.74) is 1.49. The van der Waals surface area contributed by atoms with Crippen LogP contribution >= 0.6 is 0 Å². The Morgan fingerprint density at radius 2 is 2.09 bits per heavy atom. The lowest BCUT2D eigenvalue weighted by Crippen LogP contribution is -2.32. The Balaban J connectivity index is 1.94. The second-order valence-corrected chi connectivity index (χ2v) is 5.84. The van der Waals surface area contributed by atoms with Gasteiger partial charge in [-0.25, -0.2) is 8.78 Å². The Kier molecular flexibility index (Phi) is 3.89. The molecule has 1 aliphatic rings. The Morgan fingerprint density at radius 3 is 2.70 bits per heavy atom. The molecule has 1 fully saturated rings. The first-order valence-corrected chi connectivity index (χ1v) is 7.31. The number of hydrogen-bond acceptors (Lipinski definition) is 3. The van der Waals surface area contributed by atoms with E-state index < -0.39 is 23.8 Å². The van der Waals surface area contributed by atoms with Crippen LogP contribution in [0, 0.1) is 18.6 Å². The van der Waals surface area contributed by atoms with Crippen molar-refractivity contribution in [1.29, 1.82) is 0 Å². The van der Waals surface area contributed by atoms with Gasteiger partial charge in [-0.2, -0.15) is 5.10 Å². The van der Waals surface area contributed by atoms with Crippen LogP contribution in [0.15, 0.2) is 24.4 Å². The molecule has 1 aliphatic heterocycles. The molecule has 0 bridgehead atoms. The highest BCUT2D eigenvalue weighted by Crippen LogP contribution is 2.34. The molecule has 2 atom stereocenters. The second kappa shape index (κ2) is 5.73. The summed E-state index contributed by atoms with van der Waals surface area (Å²) in [6.07, 6.45) is 1.20. The lowest BCUT2D eigenvalue weighted by molar-refractivity contribution is 0.0714. The van der Waals surface area contributed by atoms with Gasteiger partial charge in [0.2, 0.25) is 0 Å². The predicted molar refractivity (Wildman–Crippen MR) is 78.7 cm³/mol. The standard InChI is InChI=1S/C16H17F2N3O2/c1-9-12(8-20(2)19-9)16(23)21-7-11(22)6-15(21)10-3-4-13(17)14(18)5-10/h3-5,8,11,15,22H,6-7H2,1-2H3/t11-,15+/m0/s1. The fourth-order valence-electron chi connectivity index (χ4n) is 3.04. The zero-order chi connectivity index (χ0) is 16.7. The normalized spacial score (nSPS) is 21.0. The number of likely N-dealkylation sites (tertiary alicyclic amines) is 1. The molecular formula is C16H17F2N3O2. The van der Waals surface area contributed by atoms with E-state index in [1.165, 1.54) is 11.0 Å². The molecule has 1 amide bonds. The molecule has 0 aliphatic carbocycles. The van der Waals surface area contributed by atoms with Crippen LogP contribution in [-0.4, -0.2) is 38.3 Å². The number of nitrogens with zero attached hydrogens (tertiary/aromatic N) is 3. The minimum atomic E-state index is -0.964. The smallest absolute Gasteiger partial charge is 0.257 e. The largest absolute Gasteiger partial charge is 0.391 e. The molecule has 122 valence electrons. The predicted octanol–water partition coefficient (Wildman–Crippen LogP) is 1.95. The Labute approximate surface area is 132 Å². The summed E-state index contributed by atoms with van der Waals surface area (Å²) in [5.74, 6) is -2.18. The van der Waals surface area contributed by atoms with Crippen molar-refractivity contribution in [3.05, 3.63) is 52.9 Å². The van der Waals surface area contributed by atoms with Crippen molar-refractivity contribution in [2.45, 2.75) is 25.5 Å². The number of benzene rings is 1. The Bertz CT molecular complexity index is 760. The van der Waals surface area contributed by atoms with E-state index in [-0.39, 0.29) is 18.9 Å². The maximum Gasteiger partial charge on any atom is 0.257 e. The molecule has 0 spiro atoms. The van der Waals surface area contributed by atoms with E-state index in [2.05, 4.69) is 5.10 Å². The van der Waals surface area contributed by atoms with E-state index in [1.807, 2.05) is 0 Å². The van der Waals surface area contributed by atoms with Crippen LogP contribution in [0.1, 0.15) is 34.1 Å². The van der Waals surface area contributed by atoms with Gasteiger partial charge in [-0.3, -0.25) is 9.48 Å². The summed E-state index contributed by atoms with van der Waals surface area (Å²) < 4.78 is 28.2. The van der Waals surface area contributed by atoms with Crippen molar-refractivity contribution in [2.75, 3.05) is 6.54 Å². The average molecular weight is 321 g/mol. The van der Waals surface area contributed by atoms with Crippen molar-refractivity contribution in [3.8, 4) is 0 Å². The van der Waals surface area contributed by atoms with Crippen molar-refractivity contribution in [1.82, 2.24) is 14.7 Å². The zero-order valence-corrected chi connectivity index (χ0v) is 12.8. The highest BCUT2D eigenvalue weighted by atomic mass is 19.2. The quantitative estimate of drug-likeness (QED) is 0.920. The van der Waals surface area contributed by atoms with Gasteiger partial charge in [-0.05, 0) is 31.0 Å². The van der Waals surface area contributed by atoms with Gasteiger partial charge in [0.25, 0.3) is 5.91 Å².